The molecule has 138 valence electrons. The topological polar surface area (TPSA) is 103 Å². The lowest BCUT2D eigenvalue weighted by Gasteiger charge is -2.30. The van der Waals surface area contributed by atoms with Crippen molar-refractivity contribution in [3.63, 3.8) is 0 Å². The summed E-state index contributed by atoms with van der Waals surface area (Å²) in [4.78, 5) is 22.6. The SMILES string of the molecule is Cc1cc(-c2nc(N3CCOCC3)nc(N3CCOCC3)n2)cnc1N. The lowest BCUT2D eigenvalue weighted by Crippen LogP contribution is -2.40. The van der Waals surface area contributed by atoms with Gasteiger partial charge in [-0.3, -0.25) is 0 Å². The van der Waals surface area contributed by atoms with Gasteiger partial charge in [0.1, 0.15) is 5.82 Å². The third-order valence-electron chi connectivity index (χ3n) is 4.58. The number of ether oxygens (including phenoxy) is 2. The predicted octanol–water partition coefficient (Wildman–Crippen LogP) is 0.497. The lowest BCUT2D eigenvalue weighted by atomic mass is 10.2. The van der Waals surface area contributed by atoms with Crippen LogP contribution < -0.4 is 15.5 Å². The number of morpholine rings is 2. The minimum absolute atomic E-state index is 0.518. The third kappa shape index (κ3) is 3.54. The molecule has 2 aromatic heterocycles. The number of pyridine rings is 1. The van der Waals surface area contributed by atoms with Gasteiger partial charge in [-0.25, -0.2) is 4.98 Å². The Bertz CT molecular complexity index is 737. The minimum Gasteiger partial charge on any atom is -0.383 e. The smallest absolute Gasteiger partial charge is 0.230 e. The second-order valence-electron chi connectivity index (χ2n) is 6.38. The first-order chi connectivity index (χ1) is 12.7. The highest BCUT2D eigenvalue weighted by Gasteiger charge is 2.21. The first kappa shape index (κ1) is 16.9. The Morgan fingerprint density at radius 3 is 1.92 bits per heavy atom. The molecule has 2 aliphatic rings. The molecule has 4 rings (SSSR count). The zero-order chi connectivity index (χ0) is 17.9. The minimum atomic E-state index is 0.518. The highest BCUT2D eigenvalue weighted by Crippen LogP contribution is 2.24. The number of nitrogens with two attached hydrogens (primary N) is 1. The lowest BCUT2D eigenvalue weighted by molar-refractivity contribution is 0.121. The zero-order valence-corrected chi connectivity index (χ0v) is 14.9. The van der Waals surface area contributed by atoms with Gasteiger partial charge in [-0.1, -0.05) is 0 Å². The average molecular weight is 357 g/mol. The maximum absolute atomic E-state index is 5.85. The van der Waals surface area contributed by atoms with Crippen molar-refractivity contribution >= 4 is 17.7 Å². The number of nitrogens with zero attached hydrogens (tertiary/aromatic N) is 6. The van der Waals surface area contributed by atoms with E-state index >= 15 is 0 Å². The molecule has 2 aliphatic heterocycles. The van der Waals surface area contributed by atoms with Crippen molar-refractivity contribution < 1.29 is 9.47 Å². The molecule has 0 aromatic carbocycles. The van der Waals surface area contributed by atoms with Crippen LogP contribution in [0.4, 0.5) is 17.7 Å². The van der Waals surface area contributed by atoms with Crippen LogP contribution in [0.5, 0.6) is 0 Å². The molecule has 0 spiro atoms. The molecule has 2 N–H and O–H groups in total. The summed E-state index contributed by atoms with van der Waals surface area (Å²) in [5.74, 6) is 2.48. The number of rotatable bonds is 3. The Balaban J connectivity index is 1.74. The van der Waals surface area contributed by atoms with E-state index < -0.39 is 0 Å². The molecule has 0 saturated carbocycles. The van der Waals surface area contributed by atoms with Crippen LogP contribution in [-0.4, -0.2) is 72.5 Å². The van der Waals surface area contributed by atoms with Crippen molar-refractivity contribution in [2.24, 2.45) is 0 Å². The number of nitrogen functional groups attached to an aromatic ring is 1. The maximum Gasteiger partial charge on any atom is 0.230 e. The van der Waals surface area contributed by atoms with Crippen molar-refractivity contribution in [3.8, 4) is 11.4 Å². The highest BCUT2D eigenvalue weighted by atomic mass is 16.5. The van der Waals surface area contributed by atoms with Crippen molar-refractivity contribution in [2.75, 3.05) is 68.1 Å². The predicted molar refractivity (Wildman–Crippen MR) is 98.3 cm³/mol. The molecule has 0 amide bonds. The molecule has 0 atom stereocenters. The molecule has 0 radical (unpaired) electrons. The van der Waals surface area contributed by atoms with Crippen LogP contribution in [0.2, 0.25) is 0 Å². The molecule has 26 heavy (non-hydrogen) atoms. The number of hydrogen-bond donors (Lipinski definition) is 1. The summed E-state index contributed by atoms with van der Waals surface area (Å²) in [5.41, 5.74) is 7.59. The molecule has 2 fully saturated rings. The standard InChI is InChI=1S/C17H23N7O2/c1-12-10-13(11-19-14(12)18)15-20-16(23-2-6-25-7-3-23)22-17(21-15)24-4-8-26-9-5-24/h10-11H,2-9H2,1H3,(H2,18,19). The first-order valence-corrected chi connectivity index (χ1v) is 8.84. The van der Waals surface area contributed by atoms with Gasteiger partial charge >= 0.3 is 0 Å². The summed E-state index contributed by atoms with van der Waals surface area (Å²) in [7, 11) is 0. The second kappa shape index (κ2) is 7.38. The first-order valence-electron chi connectivity index (χ1n) is 8.84. The Kier molecular flexibility index (Phi) is 4.81. The normalized spacial score (nSPS) is 18.2. The zero-order valence-electron chi connectivity index (χ0n) is 14.9. The second-order valence-corrected chi connectivity index (χ2v) is 6.38. The largest absolute Gasteiger partial charge is 0.383 e. The molecule has 2 saturated heterocycles. The van der Waals surface area contributed by atoms with Crippen LogP contribution in [0.3, 0.4) is 0 Å². The maximum atomic E-state index is 5.85. The Morgan fingerprint density at radius 2 is 1.42 bits per heavy atom. The Hall–Kier alpha value is -2.52. The molecule has 0 aliphatic carbocycles. The van der Waals surface area contributed by atoms with Gasteiger partial charge < -0.3 is 25.0 Å². The fourth-order valence-electron chi connectivity index (χ4n) is 3.00. The van der Waals surface area contributed by atoms with Gasteiger partial charge in [0, 0.05) is 37.9 Å². The number of hydrogen-bond acceptors (Lipinski definition) is 9. The van der Waals surface area contributed by atoms with Crippen LogP contribution in [0, 0.1) is 6.92 Å². The molecule has 2 aromatic rings. The fourth-order valence-corrected chi connectivity index (χ4v) is 3.00. The summed E-state index contributed by atoms with van der Waals surface area (Å²) in [6.07, 6.45) is 1.71. The van der Waals surface area contributed by atoms with Crippen molar-refractivity contribution in [2.45, 2.75) is 6.92 Å². The van der Waals surface area contributed by atoms with E-state index in [0.717, 1.165) is 37.3 Å². The van der Waals surface area contributed by atoms with E-state index in [1.807, 2.05) is 13.0 Å². The molecule has 9 nitrogen and oxygen atoms in total. The van der Waals surface area contributed by atoms with Gasteiger partial charge in [0.2, 0.25) is 11.9 Å². The monoisotopic (exact) mass is 357 g/mol. The van der Waals surface area contributed by atoms with E-state index in [2.05, 4.69) is 14.8 Å². The van der Waals surface area contributed by atoms with Gasteiger partial charge in [0.05, 0.1) is 26.4 Å². The van der Waals surface area contributed by atoms with E-state index in [9.17, 15) is 0 Å². The molecular weight excluding hydrogens is 334 g/mol. The van der Waals surface area contributed by atoms with Gasteiger partial charge in [-0.2, -0.15) is 15.0 Å². The summed E-state index contributed by atoms with van der Waals surface area (Å²) in [6.45, 7) is 7.71. The van der Waals surface area contributed by atoms with Gasteiger partial charge in [0.25, 0.3) is 0 Å². The van der Waals surface area contributed by atoms with Crippen LogP contribution in [0.15, 0.2) is 12.3 Å². The van der Waals surface area contributed by atoms with Crippen LogP contribution in [0.1, 0.15) is 5.56 Å². The summed E-state index contributed by atoms with van der Waals surface area (Å²) >= 11 is 0. The fraction of sp³-hybridized carbons (Fsp3) is 0.529. The van der Waals surface area contributed by atoms with Gasteiger partial charge in [0.15, 0.2) is 5.82 Å². The summed E-state index contributed by atoms with van der Waals surface area (Å²) in [5, 5.41) is 0. The van der Waals surface area contributed by atoms with E-state index in [1.165, 1.54) is 0 Å². The van der Waals surface area contributed by atoms with Crippen LogP contribution in [0.25, 0.3) is 11.4 Å². The summed E-state index contributed by atoms with van der Waals surface area (Å²) in [6, 6.07) is 1.96. The van der Waals surface area contributed by atoms with E-state index in [4.69, 9.17) is 30.2 Å². The van der Waals surface area contributed by atoms with E-state index in [0.29, 0.717) is 50.0 Å². The van der Waals surface area contributed by atoms with Gasteiger partial charge in [-0.15, -0.1) is 0 Å². The third-order valence-corrected chi connectivity index (χ3v) is 4.58. The highest BCUT2D eigenvalue weighted by molar-refractivity contribution is 5.61. The van der Waals surface area contributed by atoms with Crippen molar-refractivity contribution in [1.82, 2.24) is 19.9 Å². The Morgan fingerprint density at radius 1 is 0.885 bits per heavy atom. The number of aromatic nitrogens is 4. The molecule has 4 heterocycles. The van der Waals surface area contributed by atoms with E-state index in [-0.39, 0.29) is 0 Å². The molecule has 9 heteroatoms. The molecular formula is C17H23N7O2. The average Bonchev–Trinajstić information content (AvgIpc) is 2.71. The van der Waals surface area contributed by atoms with E-state index in [1.54, 1.807) is 6.20 Å². The summed E-state index contributed by atoms with van der Waals surface area (Å²) < 4.78 is 10.9. The number of anilines is 3. The van der Waals surface area contributed by atoms with Gasteiger partial charge in [-0.05, 0) is 18.6 Å². The molecule has 0 bridgehead atoms. The van der Waals surface area contributed by atoms with Crippen molar-refractivity contribution in [3.05, 3.63) is 17.8 Å². The van der Waals surface area contributed by atoms with Crippen LogP contribution in [-0.2, 0) is 9.47 Å². The Labute approximate surface area is 152 Å². The number of aryl methyl sites for hydroxylation is 1. The van der Waals surface area contributed by atoms with Crippen LogP contribution >= 0.6 is 0 Å². The quantitative estimate of drug-likeness (QED) is 0.841. The van der Waals surface area contributed by atoms with Crippen molar-refractivity contribution in [1.29, 1.82) is 0 Å². The molecule has 0 unspecified atom stereocenters.